The van der Waals surface area contributed by atoms with Crippen LogP contribution in [0.25, 0.3) is 0 Å². The van der Waals surface area contributed by atoms with E-state index in [1.807, 2.05) is 31.3 Å². The van der Waals surface area contributed by atoms with Crippen molar-refractivity contribution in [2.45, 2.75) is 13.1 Å². The van der Waals surface area contributed by atoms with Gasteiger partial charge in [0.2, 0.25) is 0 Å². The van der Waals surface area contributed by atoms with Gasteiger partial charge in [-0.25, -0.2) is 4.98 Å². The van der Waals surface area contributed by atoms with Crippen molar-refractivity contribution in [3.8, 4) is 0 Å². The van der Waals surface area contributed by atoms with Gasteiger partial charge in [0, 0.05) is 19.2 Å². The summed E-state index contributed by atoms with van der Waals surface area (Å²) in [5.74, 6) is 0.868. The van der Waals surface area contributed by atoms with E-state index in [2.05, 4.69) is 20.6 Å². The molecule has 19 heavy (non-hydrogen) atoms. The number of benzene rings is 1. The molecule has 0 saturated carbocycles. The van der Waals surface area contributed by atoms with E-state index in [4.69, 9.17) is 10.9 Å². The van der Waals surface area contributed by atoms with Crippen molar-refractivity contribution in [2.24, 2.45) is 17.9 Å². The largest absolute Gasteiger partial charge is 0.409 e. The van der Waals surface area contributed by atoms with Crippen LogP contribution in [0.2, 0.25) is 0 Å². The zero-order valence-corrected chi connectivity index (χ0v) is 10.6. The van der Waals surface area contributed by atoms with E-state index < -0.39 is 0 Å². The monoisotopic (exact) mass is 260 g/mol. The van der Waals surface area contributed by atoms with Crippen LogP contribution in [-0.4, -0.2) is 25.8 Å². The van der Waals surface area contributed by atoms with Crippen LogP contribution in [0.1, 0.15) is 17.0 Å². The molecule has 1 aromatic heterocycles. The number of amidine groups is 1. The van der Waals surface area contributed by atoms with Crippen molar-refractivity contribution in [3.05, 3.63) is 47.5 Å². The average molecular weight is 260 g/mol. The number of rotatable bonds is 5. The summed E-state index contributed by atoms with van der Waals surface area (Å²) < 4.78 is 1.67. The Morgan fingerprint density at radius 1 is 1.37 bits per heavy atom. The summed E-state index contributed by atoms with van der Waals surface area (Å²) in [4.78, 5) is 4.12. The van der Waals surface area contributed by atoms with Crippen LogP contribution in [0, 0.1) is 0 Å². The van der Waals surface area contributed by atoms with Crippen LogP contribution in [0.15, 0.2) is 35.7 Å². The van der Waals surface area contributed by atoms with E-state index in [0.29, 0.717) is 18.7 Å². The first-order chi connectivity index (χ1) is 9.19. The molecule has 0 aliphatic carbocycles. The molecule has 0 unspecified atom stereocenters. The fourth-order valence-electron chi connectivity index (χ4n) is 1.63. The van der Waals surface area contributed by atoms with E-state index in [1.165, 1.54) is 0 Å². The van der Waals surface area contributed by atoms with Crippen LogP contribution < -0.4 is 11.1 Å². The second-order valence-corrected chi connectivity index (χ2v) is 4.12. The summed E-state index contributed by atoms with van der Waals surface area (Å²) >= 11 is 0. The Hall–Kier alpha value is -2.41. The van der Waals surface area contributed by atoms with Crippen molar-refractivity contribution in [2.75, 3.05) is 0 Å². The molecule has 0 aliphatic heterocycles. The highest BCUT2D eigenvalue weighted by Crippen LogP contribution is 2.04. The fourth-order valence-corrected chi connectivity index (χ4v) is 1.63. The third kappa shape index (κ3) is 3.52. The van der Waals surface area contributed by atoms with Gasteiger partial charge in [0.05, 0.1) is 6.54 Å². The van der Waals surface area contributed by atoms with Crippen molar-refractivity contribution in [1.29, 1.82) is 0 Å². The Morgan fingerprint density at radius 2 is 2.11 bits per heavy atom. The summed E-state index contributed by atoms with van der Waals surface area (Å²) in [6.07, 6.45) is 1.67. The predicted molar refractivity (Wildman–Crippen MR) is 70.5 cm³/mol. The van der Waals surface area contributed by atoms with Crippen molar-refractivity contribution < 1.29 is 5.21 Å². The van der Waals surface area contributed by atoms with Gasteiger partial charge < -0.3 is 16.3 Å². The Kier molecular flexibility index (Phi) is 4.09. The predicted octanol–water partition coefficient (Wildman–Crippen LogP) is 0.199. The molecule has 2 aromatic rings. The van der Waals surface area contributed by atoms with Crippen molar-refractivity contribution in [3.63, 3.8) is 0 Å². The van der Waals surface area contributed by atoms with E-state index in [0.717, 1.165) is 11.4 Å². The molecular weight excluding hydrogens is 244 g/mol. The molecule has 7 heteroatoms. The maximum absolute atomic E-state index is 8.56. The molecule has 4 N–H and O–H groups in total. The SMILES string of the molecule is Cn1cnc(CNCc2ccc(/C(N)=N/O)cc2)n1. The van der Waals surface area contributed by atoms with Gasteiger partial charge in [-0.3, -0.25) is 4.68 Å². The molecule has 0 saturated heterocycles. The van der Waals surface area contributed by atoms with E-state index in [1.54, 1.807) is 11.0 Å². The molecule has 0 radical (unpaired) electrons. The third-order valence-corrected chi connectivity index (χ3v) is 2.62. The van der Waals surface area contributed by atoms with Gasteiger partial charge >= 0.3 is 0 Å². The van der Waals surface area contributed by atoms with Crippen molar-refractivity contribution >= 4 is 5.84 Å². The molecule has 0 spiro atoms. The van der Waals surface area contributed by atoms with Crippen LogP contribution >= 0.6 is 0 Å². The number of nitrogens with one attached hydrogen (secondary N) is 1. The number of aromatic nitrogens is 3. The number of nitrogens with two attached hydrogens (primary N) is 1. The van der Waals surface area contributed by atoms with Gasteiger partial charge in [-0.05, 0) is 5.56 Å². The summed E-state index contributed by atoms with van der Waals surface area (Å²) in [5.41, 5.74) is 7.28. The Labute approximate surface area is 110 Å². The second-order valence-electron chi connectivity index (χ2n) is 4.12. The summed E-state index contributed by atoms with van der Waals surface area (Å²) in [6, 6.07) is 7.47. The zero-order valence-electron chi connectivity index (χ0n) is 10.6. The van der Waals surface area contributed by atoms with Gasteiger partial charge in [0.15, 0.2) is 11.7 Å². The molecule has 0 fully saturated rings. The summed E-state index contributed by atoms with van der Waals surface area (Å²) in [7, 11) is 1.84. The smallest absolute Gasteiger partial charge is 0.170 e. The molecule has 0 aliphatic rings. The van der Waals surface area contributed by atoms with Crippen LogP contribution in [0.5, 0.6) is 0 Å². The highest BCUT2D eigenvalue weighted by atomic mass is 16.4. The van der Waals surface area contributed by atoms with Crippen LogP contribution in [0.4, 0.5) is 0 Å². The molecule has 0 bridgehead atoms. The highest BCUT2D eigenvalue weighted by molar-refractivity contribution is 5.96. The van der Waals surface area contributed by atoms with Crippen molar-refractivity contribution in [1.82, 2.24) is 20.1 Å². The molecular formula is C12H16N6O. The topological polar surface area (TPSA) is 101 Å². The average Bonchev–Trinajstić information content (AvgIpc) is 2.84. The van der Waals surface area contributed by atoms with Gasteiger partial charge in [0.1, 0.15) is 6.33 Å². The van der Waals surface area contributed by atoms with Gasteiger partial charge in [-0.1, -0.05) is 29.4 Å². The molecule has 2 rings (SSSR count). The molecule has 1 aromatic carbocycles. The van der Waals surface area contributed by atoms with Gasteiger partial charge in [-0.2, -0.15) is 5.10 Å². The Balaban J connectivity index is 1.86. The Bertz CT molecular complexity index is 560. The lowest BCUT2D eigenvalue weighted by Crippen LogP contribution is -2.15. The van der Waals surface area contributed by atoms with E-state index in [-0.39, 0.29) is 5.84 Å². The zero-order chi connectivity index (χ0) is 13.7. The first kappa shape index (κ1) is 13.0. The third-order valence-electron chi connectivity index (χ3n) is 2.62. The number of oxime groups is 1. The summed E-state index contributed by atoms with van der Waals surface area (Å²) in [6.45, 7) is 1.32. The first-order valence-electron chi connectivity index (χ1n) is 5.81. The fraction of sp³-hybridized carbons (Fsp3) is 0.250. The number of aryl methyl sites for hydroxylation is 1. The Morgan fingerprint density at radius 3 is 2.68 bits per heavy atom. The number of nitrogens with zero attached hydrogens (tertiary/aromatic N) is 4. The minimum Gasteiger partial charge on any atom is -0.409 e. The van der Waals surface area contributed by atoms with Crippen LogP contribution in [-0.2, 0) is 20.1 Å². The minimum absolute atomic E-state index is 0.109. The lowest BCUT2D eigenvalue weighted by atomic mass is 10.1. The van der Waals surface area contributed by atoms with Crippen LogP contribution in [0.3, 0.4) is 0 Å². The van der Waals surface area contributed by atoms with E-state index in [9.17, 15) is 0 Å². The van der Waals surface area contributed by atoms with E-state index >= 15 is 0 Å². The maximum atomic E-state index is 8.56. The molecule has 0 amide bonds. The molecule has 1 heterocycles. The lowest BCUT2D eigenvalue weighted by molar-refractivity contribution is 0.318. The maximum Gasteiger partial charge on any atom is 0.170 e. The quantitative estimate of drug-likeness (QED) is 0.308. The van der Waals surface area contributed by atoms with Gasteiger partial charge in [0.25, 0.3) is 0 Å². The number of hydrogen-bond acceptors (Lipinski definition) is 5. The standard InChI is InChI=1S/C12H16N6O/c1-18-8-15-11(16-18)7-14-6-9-2-4-10(5-3-9)12(13)17-19/h2-5,8,14,19H,6-7H2,1H3,(H2,13,17). The first-order valence-corrected chi connectivity index (χ1v) is 5.81. The highest BCUT2D eigenvalue weighted by Gasteiger charge is 2.00. The lowest BCUT2D eigenvalue weighted by Gasteiger charge is -2.04. The molecule has 7 nitrogen and oxygen atoms in total. The second kappa shape index (κ2) is 5.96. The van der Waals surface area contributed by atoms with Gasteiger partial charge in [-0.15, -0.1) is 0 Å². The normalized spacial score (nSPS) is 11.7. The summed E-state index contributed by atoms with van der Waals surface area (Å²) in [5, 5.41) is 18.9. The molecule has 0 atom stereocenters. The molecule has 100 valence electrons. The number of hydrogen-bond donors (Lipinski definition) is 3. The minimum atomic E-state index is 0.109.